The maximum Gasteiger partial charge on any atom is 0.258 e. The van der Waals surface area contributed by atoms with Crippen LogP contribution in [0, 0.1) is 5.92 Å². The molecule has 0 saturated carbocycles. The Morgan fingerprint density at radius 2 is 1.83 bits per heavy atom. The maximum absolute atomic E-state index is 13.1. The van der Waals surface area contributed by atoms with Crippen molar-refractivity contribution in [3.8, 4) is 0 Å². The van der Waals surface area contributed by atoms with Gasteiger partial charge < -0.3 is 4.57 Å². The van der Waals surface area contributed by atoms with E-state index in [4.69, 9.17) is 11.6 Å². The molecular formula is C22H25ClN2O3S. The summed E-state index contributed by atoms with van der Waals surface area (Å²) in [7, 11) is -3.21. The average Bonchev–Trinajstić information content (AvgIpc) is 2.69. The van der Waals surface area contributed by atoms with Crippen LogP contribution in [0.2, 0.25) is 5.02 Å². The molecule has 0 N–H and O–H groups in total. The Bertz CT molecular complexity index is 1090. The van der Waals surface area contributed by atoms with Gasteiger partial charge in [0.25, 0.3) is 5.56 Å². The topological polar surface area (TPSA) is 59.4 Å². The van der Waals surface area contributed by atoms with Crippen molar-refractivity contribution in [1.82, 2.24) is 8.87 Å². The number of halogens is 1. The summed E-state index contributed by atoms with van der Waals surface area (Å²) in [5.41, 5.74) is 2.56. The summed E-state index contributed by atoms with van der Waals surface area (Å²) < 4.78 is 28.5. The molecule has 2 aliphatic heterocycles. The van der Waals surface area contributed by atoms with E-state index in [0.717, 1.165) is 17.7 Å². The Morgan fingerprint density at radius 1 is 1.07 bits per heavy atom. The van der Waals surface area contributed by atoms with E-state index in [0.29, 0.717) is 36.6 Å². The maximum atomic E-state index is 13.1. The van der Waals surface area contributed by atoms with Crippen LogP contribution < -0.4 is 5.56 Å². The third-order valence-corrected chi connectivity index (χ3v) is 8.04. The van der Waals surface area contributed by atoms with Crippen molar-refractivity contribution in [2.24, 2.45) is 5.92 Å². The number of aromatic nitrogens is 1. The first-order valence-electron chi connectivity index (χ1n) is 10.0. The van der Waals surface area contributed by atoms with Gasteiger partial charge in [0.2, 0.25) is 10.0 Å². The van der Waals surface area contributed by atoms with Gasteiger partial charge in [-0.05, 0) is 54.7 Å². The highest BCUT2D eigenvalue weighted by Crippen LogP contribution is 2.36. The van der Waals surface area contributed by atoms with Gasteiger partial charge in [0.15, 0.2) is 0 Å². The summed E-state index contributed by atoms with van der Waals surface area (Å²) in [5, 5.41) is 0.678. The molecule has 0 radical (unpaired) electrons. The van der Waals surface area contributed by atoms with Crippen LogP contribution in [0.1, 0.15) is 42.5 Å². The Labute approximate surface area is 176 Å². The molecule has 2 aromatic rings. The van der Waals surface area contributed by atoms with Gasteiger partial charge in [-0.25, -0.2) is 12.7 Å². The first-order chi connectivity index (χ1) is 13.9. The van der Waals surface area contributed by atoms with Crippen LogP contribution in [0.4, 0.5) is 0 Å². The molecule has 0 aliphatic carbocycles. The molecule has 0 amide bonds. The van der Waals surface area contributed by atoms with Gasteiger partial charge in [-0.2, -0.15) is 0 Å². The number of pyridine rings is 1. The van der Waals surface area contributed by atoms with Crippen molar-refractivity contribution < 1.29 is 8.42 Å². The molecule has 7 heteroatoms. The van der Waals surface area contributed by atoms with E-state index in [9.17, 15) is 13.2 Å². The lowest BCUT2D eigenvalue weighted by Crippen LogP contribution is -2.49. The van der Waals surface area contributed by atoms with E-state index < -0.39 is 10.0 Å². The van der Waals surface area contributed by atoms with Crippen molar-refractivity contribution >= 4 is 33.8 Å². The van der Waals surface area contributed by atoms with Crippen LogP contribution in [-0.2, 0) is 16.6 Å². The molecule has 3 heterocycles. The summed E-state index contributed by atoms with van der Waals surface area (Å²) >= 11 is 5.92. The highest BCUT2D eigenvalue weighted by Gasteiger charge is 2.38. The minimum absolute atomic E-state index is 0.00715. The fourth-order valence-electron chi connectivity index (χ4n) is 4.42. The molecule has 154 valence electrons. The second-order valence-corrected chi connectivity index (χ2v) is 10.5. The third kappa shape index (κ3) is 4.20. The fraction of sp³-hybridized carbons (Fsp3) is 0.409. The molecule has 2 atom stereocenters. The molecule has 5 nitrogen and oxygen atoms in total. The largest absolute Gasteiger partial charge is 0.311 e. The van der Waals surface area contributed by atoms with Crippen LogP contribution in [0.15, 0.2) is 41.2 Å². The van der Waals surface area contributed by atoms with Crippen molar-refractivity contribution in [3.63, 3.8) is 0 Å². The number of piperidine rings is 1. The molecule has 2 bridgehead atoms. The van der Waals surface area contributed by atoms with Crippen molar-refractivity contribution in [2.45, 2.75) is 32.2 Å². The fourth-order valence-corrected chi connectivity index (χ4v) is 6.16. The Hall–Kier alpha value is -1.89. The van der Waals surface area contributed by atoms with Crippen molar-refractivity contribution in [1.29, 1.82) is 0 Å². The zero-order chi connectivity index (χ0) is 20.6. The molecule has 1 saturated heterocycles. The van der Waals surface area contributed by atoms with Crippen LogP contribution in [-0.4, -0.2) is 36.1 Å². The SMILES string of the molecule is CCCS(=O)(=O)N1C[C@H]2C[C@H](C1)c1ccc(C=Cc3ccc(Cl)cc3)c(=O)n1C2. The summed E-state index contributed by atoms with van der Waals surface area (Å²) in [5.74, 6) is 0.449. The van der Waals surface area contributed by atoms with Crippen LogP contribution in [0.3, 0.4) is 0 Å². The van der Waals surface area contributed by atoms with Crippen LogP contribution in [0.25, 0.3) is 12.2 Å². The van der Waals surface area contributed by atoms with Crippen molar-refractivity contribution in [3.05, 3.63) is 68.6 Å². The van der Waals surface area contributed by atoms with Crippen LogP contribution >= 0.6 is 11.6 Å². The molecule has 0 spiro atoms. The van der Waals surface area contributed by atoms with Gasteiger partial charge in [-0.1, -0.05) is 36.7 Å². The molecule has 1 aromatic heterocycles. The van der Waals surface area contributed by atoms with Gasteiger partial charge in [0, 0.05) is 41.8 Å². The van der Waals surface area contributed by atoms with E-state index in [-0.39, 0.29) is 23.1 Å². The second-order valence-electron chi connectivity index (χ2n) is 7.95. The highest BCUT2D eigenvalue weighted by atomic mass is 35.5. The van der Waals surface area contributed by atoms with Gasteiger partial charge in [0.05, 0.1) is 5.75 Å². The zero-order valence-electron chi connectivity index (χ0n) is 16.4. The van der Waals surface area contributed by atoms with Gasteiger partial charge in [-0.3, -0.25) is 4.79 Å². The number of sulfonamides is 1. The van der Waals surface area contributed by atoms with E-state index in [1.807, 2.05) is 60.0 Å². The summed E-state index contributed by atoms with van der Waals surface area (Å²) in [4.78, 5) is 13.1. The van der Waals surface area contributed by atoms with E-state index >= 15 is 0 Å². The Morgan fingerprint density at radius 3 is 2.55 bits per heavy atom. The number of hydrogen-bond acceptors (Lipinski definition) is 3. The van der Waals surface area contributed by atoms with E-state index in [1.165, 1.54) is 0 Å². The number of benzene rings is 1. The van der Waals surface area contributed by atoms with Crippen molar-refractivity contribution in [2.75, 3.05) is 18.8 Å². The van der Waals surface area contributed by atoms with Gasteiger partial charge in [0.1, 0.15) is 0 Å². The molecule has 2 aliphatic rings. The molecular weight excluding hydrogens is 408 g/mol. The minimum Gasteiger partial charge on any atom is -0.311 e. The predicted octanol–water partition coefficient (Wildman–Crippen LogP) is 3.83. The predicted molar refractivity (Wildman–Crippen MR) is 118 cm³/mol. The molecule has 4 rings (SSSR count). The normalized spacial score (nSPS) is 22.0. The second kappa shape index (κ2) is 8.09. The quantitative estimate of drug-likeness (QED) is 0.721. The number of nitrogens with zero attached hydrogens (tertiary/aromatic N) is 2. The average molecular weight is 433 g/mol. The van der Waals surface area contributed by atoms with Crippen LogP contribution in [0.5, 0.6) is 0 Å². The standard InChI is InChI=1S/C22H25ClN2O3S/c1-2-11-29(27,28)24-13-17-12-19(15-24)21-10-7-18(22(26)25(21)14-17)6-3-16-4-8-20(23)9-5-16/h3-10,17,19H,2,11-15H2,1H3/t17-,19-/m1/s1. The van der Waals surface area contributed by atoms with Gasteiger partial charge in [-0.15, -0.1) is 0 Å². The summed E-state index contributed by atoms with van der Waals surface area (Å²) in [6.45, 7) is 3.44. The number of fused-ring (bicyclic) bond motifs is 4. The number of rotatable bonds is 5. The third-order valence-electron chi connectivity index (χ3n) is 5.78. The molecule has 1 aromatic carbocycles. The highest BCUT2D eigenvalue weighted by molar-refractivity contribution is 7.89. The first-order valence-corrected chi connectivity index (χ1v) is 12.0. The van der Waals surface area contributed by atoms with E-state index in [1.54, 1.807) is 4.31 Å². The monoisotopic (exact) mass is 432 g/mol. The Kier molecular flexibility index (Phi) is 5.69. The summed E-state index contributed by atoms with van der Waals surface area (Å²) in [6, 6.07) is 11.3. The zero-order valence-corrected chi connectivity index (χ0v) is 18.0. The Balaban J connectivity index is 1.61. The molecule has 1 fully saturated rings. The molecule has 0 unspecified atom stereocenters. The minimum atomic E-state index is -3.21. The number of hydrogen-bond donors (Lipinski definition) is 0. The lowest BCUT2D eigenvalue weighted by atomic mass is 9.84. The smallest absolute Gasteiger partial charge is 0.258 e. The van der Waals surface area contributed by atoms with Gasteiger partial charge >= 0.3 is 0 Å². The first kappa shape index (κ1) is 20.4. The van der Waals surface area contributed by atoms with E-state index in [2.05, 4.69) is 0 Å². The molecule has 29 heavy (non-hydrogen) atoms. The summed E-state index contributed by atoms with van der Waals surface area (Å²) in [6.07, 6.45) is 5.30. The lowest BCUT2D eigenvalue weighted by molar-refractivity contribution is 0.186. The lowest BCUT2D eigenvalue weighted by Gasteiger charge is -2.42.